The van der Waals surface area contributed by atoms with Crippen LogP contribution in [0, 0.1) is 0 Å². The molecule has 3 heteroatoms. The Morgan fingerprint density at radius 3 is 2.36 bits per heavy atom. The van der Waals surface area contributed by atoms with E-state index in [2.05, 4.69) is 52.3 Å². The van der Waals surface area contributed by atoms with Gasteiger partial charge in [-0.05, 0) is 5.56 Å². The fourth-order valence-electron chi connectivity index (χ4n) is 2.90. The summed E-state index contributed by atoms with van der Waals surface area (Å²) in [5, 5.41) is 0. The van der Waals surface area contributed by atoms with Crippen LogP contribution in [-0.2, 0) is 19.6 Å². The van der Waals surface area contributed by atoms with E-state index in [-0.39, 0.29) is 0 Å². The standard InChI is InChI=1S/C19H17N3/c1-3-7-15(8-4-1)12-22-13-17-11-20-19(21-18(17)14-22)16-9-5-2-6-10-16/h1-11H,12-14H2. The molecule has 22 heavy (non-hydrogen) atoms. The third kappa shape index (κ3) is 2.63. The molecular formula is C19H17N3. The van der Waals surface area contributed by atoms with Gasteiger partial charge in [0.15, 0.2) is 5.82 Å². The smallest absolute Gasteiger partial charge is 0.159 e. The predicted octanol–water partition coefficient (Wildman–Crippen LogP) is 3.66. The van der Waals surface area contributed by atoms with E-state index in [1.54, 1.807) is 0 Å². The maximum atomic E-state index is 4.76. The van der Waals surface area contributed by atoms with Crippen LogP contribution in [0.5, 0.6) is 0 Å². The van der Waals surface area contributed by atoms with Crippen molar-refractivity contribution in [3.8, 4) is 11.4 Å². The van der Waals surface area contributed by atoms with Crippen LogP contribution in [0.3, 0.4) is 0 Å². The second-order valence-corrected chi connectivity index (χ2v) is 5.66. The number of nitrogens with zero attached hydrogens (tertiary/aromatic N) is 3. The fraction of sp³-hybridized carbons (Fsp3) is 0.158. The van der Waals surface area contributed by atoms with Crippen LogP contribution in [0.2, 0.25) is 0 Å². The first-order valence-electron chi connectivity index (χ1n) is 7.55. The number of benzene rings is 2. The summed E-state index contributed by atoms with van der Waals surface area (Å²) >= 11 is 0. The molecule has 0 saturated heterocycles. The van der Waals surface area contributed by atoms with Crippen molar-refractivity contribution in [2.75, 3.05) is 0 Å². The molecule has 0 bridgehead atoms. The van der Waals surface area contributed by atoms with Gasteiger partial charge in [0, 0.05) is 37.0 Å². The summed E-state index contributed by atoms with van der Waals surface area (Å²) in [7, 11) is 0. The molecule has 0 spiro atoms. The van der Waals surface area contributed by atoms with E-state index >= 15 is 0 Å². The zero-order valence-corrected chi connectivity index (χ0v) is 12.3. The van der Waals surface area contributed by atoms with Crippen LogP contribution in [-0.4, -0.2) is 14.9 Å². The molecule has 3 nitrogen and oxygen atoms in total. The van der Waals surface area contributed by atoms with Gasteiger partial charge in [0.2, 0.25) is 0 Å². The first-order chi connectivity index (χ1) is 10.9. The lowest BCUT2D eigenvalue weighted by Crippen LogP contribution is -2.15. The Labute approximate surface area is 130 Å². The third-order valence-electron chi connectivity index (χ3n) is 4.00. The Kier molecular flexibility index (Phi) is 3.41. The minimum atomic E-state index is 0.820. The van der Waals surface area contributed by atoms with Crippen molar-refractivity contribution in [2.45, 2.75) is 19.6 Å². The molecule has 0 fully saturated rings. The summed E-state index contributed by atoms with van der Waals surface area (Å²) in [4.78, 5) is 11.7. The van der Waals surface area contributed by atoms with Crippen LogP contribution in [0.4, 0.5) is 0 Å². The minimum Gasteiger partial charge on any atom is -0.289 e. The lowest BCUT2D eigenvalue weighted by molar-refractivity contribution is 0.274. The van der Waals surface area contributed by atoms with Gasteiger partial charge in [-0.2, -0.15) is 0 Å². The summed E-state index contributed by atoms with van der Waals surface area (Å²) in [6.07, 6.45) is 1.98. The molecular weight excluding hydrogens is 270 g/mol. The monoisotopic (exact) mass is 287 g/mol. The highest BCUT2D eigenvalue weighted by molar-refractivity contribution is 5.54. The molecule has 0 N–H and O–H groups in total. The van der Waals surface area contributed by atoms with E-state index in [0.29, 0.717) is 0 Å². The highest BCUT2D eigenvalue weighted by atomic mass is 15.2. The van der Waals surface area contributed by atoms with Crippen molar-refractivity contribution in [1.29, 1.82) is 0 Å². The Bertz CT molecular complexity index is 769. The van der Waals surface area contributed by atoms with Gasteiger partial charge in [-0.15, -0.1) is 0 Å². The highest BCUT2D eigenvalue weighted by Gasteiger charge is 2.21. The molecule has 0 amide bonds. The van der Waals surface area contributed by atoms with Gasteiger partial charge >= 0.3 is 0 Å². The van der Waals surface area contributed by atoms with Crippen LogP contribution in [0.25, 0.3) is 11.4 Å². The summed E-state index contributed by atoms with van der Waals surface area (Å²) < 4.78 is 0. The molecule has 0 atom stereocenters. The second kappa shape index (κ2) is 5.70. The summed E-state index contributed by atoms with van der Waals surface area (Å²) in [6, 6.07) is 20.7. The van der Waals surface area contributed by atoms with Crippen molar-refractivity contribution >= 4 is 0 Å². The molecule has 0 unspecified atom stereocenters. The van der Waals surface area contributed by atoms with E-state index in [1.165, 1.54) is 11.1 Å². The van der Waals surface area contributed by atoms with Gasteiger partial charge < -0.3 is 0 Å². The molecule has 0 radical (unpaired) electrons. The van der Waals surface area contributed by atoms with E-state index in [9.17, 15) is 0 Å². The van der Waals surface area contributed by atoms with Crippen LogP contribution < -0.4 is 0 Å². The average Bonchev–Trinajstić information content (AvgIpc) is 2.98. The predicted molar refractivity (Wildman–Crippen MR) is 86.9 cm³/mol. The molecule has 0 saturated carbocycles. The van der Waals surface area contributed by atoms with Crippen LogP contribution >= 0.6 is 0 Å². The normalized spacial score (nSPS) is 14.0. The highest BCUT2D eigenvalue weighted by Crippen LogP contribution is 2.24. The first kappa shape index (κ1) is 13.2. The average molecular weight is 287 g/mol. The van der Waals surface area contributed by atoms with E-state index in [0.717, 1.165) is 36.7 Å². The fourth-order valence-corrected chi connectivity index (χ4v) is 2.90. The molecule has 2 aromatic carbocycles. The Morgan fingerprint density at radius 1 is 0.864 bits per heavy atom. The van der Waals surface area contributed by atoms with Gasteiger partial charge in [-0.25, -0.2) is 9.97 Å². The molecule has 4 rings (SSSR count). The lowest BCUT2D eigenvalue weighted by Gasteiger charge is -2.13. The molecule has 3 aromatic rings. The van der Waals surface area contributed by atoms with Crippen molar-refractivity contribution in [2.24, 2.45) is 0 Å². The SMILES string of the molecule is c1ccc(CN2Cc3cnc(-c4ccccc4)nc3C2)cc1. The number of hydrogen-bond donors (Lipinski definition) is 0. The lowest BCUT2D eigenvalue weighted by atomic mass is 10.2. The molecule has 1 aromatic heterocycles. The Hall–Kier alpha value is -2.52. The van der Waals surface area contributed by atoms with Crippen LogP contribution in [0.1, 0.15) is 16.8 Å². The largest absolute Gasteiger partial charge is 0.289 e. The van der Waals surface area contributed by atoms with E-state index in [1.807, 2.05) is 24.4 Å². The zero-order valence-electron chi connectivity index (χ0n) is 12.3. The van der Waals surface area contributed by atoms with Crippen LogP contribution in [0.15, 0.2) is 66.9 Å². The summed E-state index contributed by atoms with van der Waals surface area (Å²) in [5.74, 6) is 0.820. The maximum absolute atomic E-state index is 4.76. The van der Waals surface area contributed by atoms with Gasteiger partial charge in [-0.3, -0.25) is 4.90 Å². The number of fused-ring (bicyclic) bond motifs is 1. The van der Waals surface area contributed by atoms with E-state index in [4.69, 9.17) is 4.98 Å². The van der Waals surface area contributed by atoms with Crippen molar-refractivity contribution in [3.05, 3.63) is 83.7 Å². The van der Waals surface area contributed by atoms with Gasteiger partial charge in [0.1, 0.15) is 0 Å². The molecule has 1 aliphatic heterocycles. The quantitative estimate of drug-likeness (QED) is 0.736. The molecule has 108 valence electrons. The minimum absolute atomic E-state index is 0.820. The van der Waals surface area contributed by atoms with Gasteiger partial charge in [0.25, 0.3) is 0 Å². The van der Waals surface area contributed by atoms with Gasteiger partial charge in [0.05, 0.1) is 5.69 Å². The number of aromatic nitrogens is 2. The third-order valence-corrected chi connectivity index (χ3v) is 4.00. The number of hydrogen-bond acceptors (Lipinski definition) is 3. The van der Waals surface area contributed by atoms with Gasteiger partial charge in [-0.1, -0.05) is 60.7 Å². The number of rotatable bonds is 3. The topological polar surface area (TPSA) is 29.0 Å². The zero-order chi connectivity index (χ0) is 14.8. The summed E-state index contributed by atoms with van der Waals surface area (Å²) in [6.45, 7) is 2.78. The van der Waals surface area contributed by atoms with Crippen molar-refractivity contribution in [3.63, 3.8) is 0 Å². The van der Waals surface area contributed by atoms with E-state index < -0.39 is 0 Å². The summed E-state index contributed by atoms with van der Waals surface area (Å²) in [5.41, 5.74) is 4.82. The second-order valence-electron chi connectivity index (χ2n) is 5.66. The molecule has 1 aliphatic rings. The molecule has 2 heterocycles. The molecule has 0 aliphatic carbocycles. The first-order valence-corrected chi connectivity index (χ1v) is 7.55. The Balaban J connectivity index is 1.54. The maximum Gasteiger partial charge on any atom is 0.159 e. The van der Waals surface area contributed by atoms with Crippen molar-refractivity contribution < 1.29 is 0 Å². The van der Waals surface area contributed by atoms with Crippen molar-refractivity contribution in [1.82, 2.24) is 14.9 Å². The Morgan fingerprint density at radius 2 is 1.59 bits per heavy atom.